The van der Waals surface area contributed by atoms with Gasteiger partial charge in [-0.3, -0.25) is 0 Å². The largest absolute Gasteiger partial charge is 0.347 e. The van der Waals surface area contributed by atoms with E-state index < -0.39 is 0 Å². The highest BCUT2D eigenvalue weighted by molar-refractivity contribution is 7.14. The van der Waals surface area contributed by atoms with Crippen LogP contribution in [0.1, 0.15) is 25.3 Å². The highest BCUT2D eigenvalue weighted by Gasteiger charge is 1.99. The van der Waals surface area contributed by atoms with E-state index in [2.05, 4.69) is 60.9 Å². The fraction of sp³-hybridized carbons (Fsp3) is 0.231. The normalized spacial score (nSPS) is 10.6. The molecule has 1 nitrogen and oxygen atoms in total. The van der Waals surface area contributed by atoms with Gasteiger partial charge in [-0.15, -0.1) is 11.3 Å². The number of benzene rings is 1. The van der Waals surface area contributed by atoms with Crippen LogP contribution in [-0.4, -0.2) is 0 Å². The molecule has 0 saturated carbocycles. The predicted molar refractivity (Wildman–Crippen MR) is 68.1 cm³/mol. The Morgan fingerprint density at radius 1 is 1.07 bits per heavy atom. The first-order chi connectivity index (χ1) is 7.25. The van der Waals surface area contributed by atoms with Crippen LogP contribution in [0.15, 0.2) is 41.8 Å². The van der Waals surface area contributed by atoms with Crippen molar-refractivity contribution in [3.05, 3.63) is 47.3 Å². The van der Waals surface area contributed by atoms with E-state index in [1.165, 1.54) is 10.6 Å². The summed E-state index contributed by atoms with van der Waals surface area (Å²) < 4.78 is 0. The van der Waals surface area contributed by atoms with Crippen LogP contribution in [0.25, 0.3) is 0 Å². The topological polar surface area (TPSA) is 12.0 Å². The lowest BCUT2D eigenvalue weighted by Gasteiger charge is -2.07. The third-order valence-corrected chi connectivity index (χ3v) is 3.15. The maximum atomic E-state index is 3.37. The van der Waals surface area contributed by atoms with Gasteiger partial charge in [0.15, 0.2) is 0 Å². The van der Waals surface area contributed by atoms with Crippen molar-refractivity contribution in [3.8, 4) is 0 Å². The molecule has 0 amide bonds. The molecule has 1 aromatic heterocycles. The average Bonchev–Trinajstić information content (AvgIpc) is 2.71. The monoisotopic (exact) mass is 217 g/mol. The summed E-state index contributed by atoms with van der Waals surface area (Å²) >= 11 is 1.72. The van der Waals surface area contributed by atoms with Crippen LogP contribution in [0.3, 0.4) is 0 Å². The second-order valence-corrected chi connectivity index (χ2v) is 4.83. The summed E-state index contributed by atoms with van der Waals surface area (Å²) in [7, 11) is 0. The molecule has 0 aliphatic heterocycles. The van der Waals surface area contributed by atoms with Gasteiger partial charge in [-0.2, -0.15) is 0 Å². The van der Waals surface area contributed by atoms with Gasteiger partial charge in [0, 0.05) is 5.69 Å². The molecule has 0 atom stereocenters. The number of rotatable bonds is 3. The van der Waals surface area contributed by atoms with E-state index in [1.54, 1.807) is 11.3 Å². The van der Waals surface area contributed by atoms with E-state index in [-0.39, 0.29) is 0 Å². The first-order valence-electron chi connectivity index (χ1n) is 5.16. The maximum absolute atomic E-state index is 3.37. The van der Waals surface area contributed by atoms with Gasteiger partial charge in [0.25, 0.3) is 0 Å². The van der Waals surface area contributed by atoms with Crippen LogP contribution in [0.4, 0.5) is 10.7 Å². The number of thiophene rings is 1. The number of anilines is 2. The van der Waals surface area contributed by atoms with E-state index in [0.717, 1.165) is 5.69 Å². The zero-order chi connectivity index (χ0) is 10.7. The lowest BCUT2D eigenvalue weighted by molar-refractivity contribution is 0.867. The van der Waals surface area contributed by atoms with Crippen LogP contribution in [0.5, 0.6) is 0 Å². The minimum Gasteiger partial charge on any atom is -0.347 e. The van der Waals surface area contributed by atoms with Crippen LogP contribution in [0, 0.1) is 0 Å². The fourth-order valence-corrected chi connectivity index (χ4v) is 2.08. The SMILES string of the molecule is CC(C)c1ccc(Nc2cccs2)cc1. The number of hydrogen-bond donors (Lipinski definition) is 1. The molecule has 1 heterocycles. The van der Waals surface area contributed by atoms with Crippen LogP contribution < -0.4 is 5.32 Å². The molecule has 0 fully saturated rings. The highest BCUT2D eigenvalue weighted by Crippen LogP contribution is 2.23. The molecular weight excluding hydrogens is 202 g/mol. The van der Waals surface area contributed by atoms with Crippen molar-refractivity contribution in [2.75, 3.05) is 5.32 Å². The van der Waals surface area contributed by atoms with Crippen molar-refractivity contribution in [2.45, 2.75) is 19.8 Å². The van der Waals surface area contributed by atoms with E-state index >= 15 is 0 Å². The molecule has 78 valence electrons. The summed E-state index contributed by atoms with van der Waals surface area (Å²) in [5.74, 6) is 0.598. The fourth-order valence-electron chi connectivity index (χ4n) is 1.44. The number of nitrogens with one attached hydrogen (secondary N) is 1. The van der Waals surface area contributed by atoms with E-state index in [0.29, 0.717) is 5.92 Å². The van der Waals surface area contributed by atoms with Crippen LogP contribution >= 0.6 is 11.3 Å². The van der Waals surface area contributed by atoms with Gasteiger partial charge < -0.3 is 5.32 Å². The van der Waals surface area contributed by atoms with Crippen LogP contribution in [0.2, 0.25) is 0 Å². The lowest BCUT2D eigenvalue weighted by atomic mass is 10.0. The summed E-state index contributed by atoms with van der Waals surface area (Å²) in [4.78, 5) is 0. The molecule has 2 heteroatoms. The zero-order valence-corrected chi connectivity index (χ0v) is 9.84. The Morgan fingerprint density at radius 2 is 1.80 bits per heavy atom. The summed E-state index contributed by atoms with van der Waals surface area (Å²) in [6.45, 7) is 4.42. The quantitative estimate of drug-likeness (QED) is 0.791. The Bertz CT molecular complexity index is 401. The van der Waals surface area contributed by atoms with E-state index in [4.69, 9.17) is 0 Å². The highest BCUT2D eigenvalue weighted by atomic mass is 32.1. The van der Waals surface area contributed by atoms with Crippen molar-refractivity contribution >= 4 is 22.0 Å². The lowest BCUT2D eigenvalue weighted by Crippen LogP contribution is -1.89. The van der Waals surface area contributed by atoms with Gasteiger partial charge in [-0.05, 0) is 41.1 Å². The van der Waals surface area contributed by atoms with E-state index in [1.807, 2.05) is 0 Å². The van der Waals surface area contributed by atoms with Gasteiger partial charge in [0.05, 0.1) is 5.00 Å². The first-order valence-corrected chi connectivity index (χ1v) is 6.04. The Kier molecular flexibility index (Phi) is 3.07. The van der Waals surface area contributed by atoms with Crippen molar-refractivity contribution in [2.24, 2.45) is 0 Å². The predicted octanol–water partition coefficient (Wildman–Crippen LogP) is 4.62. The maximum Gasteiger partial charge on any atom is 0.0926 e. The summed E-state index contributed by atoms with van der Waals surface area (Å²) in [6, 6.07) is 12.8. The molecule has 0 aliphatic rings. The summed E-state index contributed by atoms with van der Waals surface area (Å²) in [5.41, 5.74) is 2.54. The number of hydrogen-bond acceptors (Lipinski definition) is 2. The molecule has 0 spiro atoms. The minimum absolute atomic E-state index is 0.598. The standard InChI is InChI=1S/C13H15NS/c1-10(2)11-5-7-12(8-6-11)14-13-4-3-9-15-13/h3-10,14H,1-2H3. The van der Waals surface area contributed by atoms with Gasteiger partial charge in [0.2, 0.25) is 0 Å². The first kappa shape index (κ1) is 10.2. The Hall–Kier alpha value is -1.28. The van der Waals surface area contributed by atoms with Gasteiger partial charge in [0.1, 0.15) is 0 Å². The van der Waals surface area contributed by atoms with Gasteiger partial charge in [-0.25, -0.2) is 0 Å². The molecule has 0 unspecified atom stereocenters. The van der Waals surface area contributed by atoms with Crippen molar-refractivity contribution < 1.29 is 0 Å². The minimum atomic E-state index is 0.598. The molecule has 1 aromatic carbocycles. The van der Waals surface area contributed by atoms with E-state index in [9.17, 15) is 0 Å². The molecule has 0 aliphatic carbocycles. The molecule has 2 rings (SSSR count). The third kappa shape index (κ3) is 2.60. The third-order valence-electron chi connectivity index (χ3n) is 2.37. The van der Waals surface area contributed by atoms with Crippen molar-refractivity contribution in [1.29, 1.82) is 0 Å². The zero-order valence-electron chi connectivity index (χ0n) is 9.03. The van der Waals surface area contributed by atoms with Gasteiger partial charge >= 0.3 is 0 Å². The van der Waals surface area contributed by atoms with Crippen molar-refractivity contribution in [3.63, 3.8) is 0 Å². The molecule has 1 N–H and O–H groups in total. The Labute approximate surface area is 94.8 Å². The average molecular weight is 217 g/mol. The second-order valence-electron chi connectivity index (χ2n) is 3.88. The molecule has 0 radical (unpaired) electrons. The van der Waals surface area contributed by atoms with Crippen molar-refractivity contribution in [1.82, 2.24) is 0 Å². The summed E-state index contributed by atoms with van der Waals surface area (Å²) in [6.07, 6.45) is 0. The molecular formula is C13H15NS. The van der Waals surface area contributed by atoms with Gasteiger partial charge in [-0.1, -0.05) is 26.0 Å². The second kappa shape index (κ2) is 4.49. The smallest absolute Gasteiger partial charge is 0.0926 e. The molecule has 0 saturated heterocycles. The summed E-state index contributed by atoms with van der Waals surface area (Å²) in [5, 5.41) is 6.63. The Balaban J connectivity index is 2.11. The molecule has 0 bridgehead atoms. The van der Waals surface area contributed by atoms with Crippen LogP contribution in [-0.2, 0) is 0 Å². The molecule has 15 heavy (non-hydrogen) atoms. The molecule has 2 aromatic rings. The Morgan fingerprint density at radius 3 is 2.33 bits per heavy atom.